The molecule has 3 rings (SSSR count). The van der Waals surface area contributed by atoms with Crippen LogP contribution in [-0.4, -0.2) is 28.7 Å². The van der Waals surface area contributed by atoms with Crippen LogP contribution in [-0.2, 0) is 11.3 Å². The first-order valence-electron chi connectivity index (χ1n) is 6.25. The molecule has 0 N–H and O–H groups in total. The van der Waals surface area contributed by atoms with Gasteiger partial charge in [0.15, 0.2) is 0 Å². The number of fused-ring (bicyclic) bond motifs is 1. The van der Waals surface area contributed by atoms with Gasteiger partial charge in [-0.3, -0.25) is 4.57 Å². The van der Waals surface area contributed by atoms with Gasteiger partial charge in [0.2, 0.25) is 0 Å². The molecular formula is C14H14N2O3. The lowest BCUT2D eigenvalue weighted by molar-refractivity contribution is 0.0526. The van der Waals surface area contributed by atoms with E-state index in [0.717, 1.165) is 17.8 Å². The van der Waals surface area contributed by atoms with Gasteiger partial charge in [-0.05, 0) is 19.1 Å². The van der Waals surface area contributed by atoms with Gasteiger partial charge in [-0.25, -0.2) is 4.79 Å². The van der Waals surface area contributed by atoms with Gasteiger partial charge in [0, 0.05) is 11.8 Å². The smallest absolute Gasteiger partial charge is 0.338 e. The number of aromatic nitrogens is 2. The van der Waals surface area contributed by atoms with E-state index >= 15 is 0 Å². The standard InChI is InChI=1S/C14H14N2O3/c1-2-18-13(17)11-5-3-10(4-6-11)12-9-16-7-8-19-14(16)15-12/h3-6,9H,2,7-8H2,1H3. The first kappa shape index (κ1) is 11.8. The molecule has 1 aromatic heterocycles. The molecule has 0 spiro atoms. The van der Waals surface area contributed by atoms with Crippen LogP contribution in [0, 0.1) is 0 Å². The number of hydrogen-bond acceptors (Lipinski definition) is 4. The predicted octanol–water partition coefficient (Wildman–Crippen LogP) is 2.12. The summed E-state index contributed by atoms with van der Waals surface area (Å²) in [5.41, 5.74) is 2.36. The topological polar surface area (TPSA) is 53.4 Å². The molecule has 1 aliphatic heterocycles. The van der Waals surface area contributed by atoms with E-state index in [0.29, 0.717) is 24.8 Å². The fourth-order valence-electron chi connectivity index (χ4n) is 2.04. The van der Waals surface area contributed by atoms with E-state index in [4.69, 9.17) is 9.47 Å². The van der Waals surface area contributed by atoms with Gasteiger partial charge < -0.3 is 9.47 Å². The van der Waals surface area contributed by atoms with E-state index in [2.05, 4.69) is 4.98 Å². The number of benzene rings is 1. The van der Waals surface area contributed by atoms with E-state index in [1.165, 1.54) is 0 Å². The number of carbonyl (C=O) groups excluding carboxylic acids is 1. The molecule has 19 heavy (non-hydrogen) atoms. The summed E-state index contributed by atoms with van der Waals surface area (Å²) in [6.07, 6.45) is 1.96. The number of imidazole rings is 1. The molecule has 1 aromatic carbocycles. The molecular weight excluding hydrogens is 244 g/mol. The van der Waals surface area contributed by atoms with Gasteiger partial charge in [0.25, 0.3) is 6.01 Å². The van der Waals surface area contributed by atoms with Gasteiger partial charge in [-0.1, -0.05) is 12.1 Å². The molecule has 5 heteroatoms. The Balaban J connectivity index is 1.83. The fraction of sp³-hybridized carbons (Fsp3) is 0.286. The molecule has 5 nitrogen and oxygen atoms in total. The molecule has 2 aromatic rings. The van der Waals surface area contributed by atoms with E-state index in [-0.39, 0.29) is 5.97 Å². The summed E-state index contributed by atoms with van der Waals surface area (Å²) in [6, 6.07) is 7.89. The maximum Gasteiger partial charge on any atom is 0.338 e. The van der Waals surface area contributed by atoms with Crippen molar-refractivity contribution in [2.24, 2.45) is 0 Å². The van der Waals surface area contributed by atoms with Crippen LogP contribution in [0.3, 0.4) is 0 Å². The minimum absolute atomic E-state index is 0.301. The Kier molecular flexibility index (Phi) is 2.95. The highest BCUT2D eigenvalue weighted by Crippen LogP contribution is 2.25. The first-order chi connectivity index (χ1) is 9.28. The minimum Gasteiger partial charge on any atom is -0.463 e. The van der Waals surface area contributed by atoms with E-state index in [1.54, 1.807) is 19.1 Å². The van der Waals surface area contributed by atoms with Crippen molar-refractivity contribution in [2.75, 3.05) is 13.2 Å². The highest BCUT2D eigenvalue weighted by molar-refractivity contribution is 5.89. The van der Waals surface area contributed by atoms with Crippen molar-refractivity contribution in [3.05, 3.63) is 36.0 Å². The molecule has 0 radical (unpaired) electrons. The van der Waals surface area contributed by atoms with Crippen molar-refractivity contribution >= 4 is 5.97 Å². The Labute approximate surface area is 110 Å². The number of rotatable bonds is 3. The van der Waals surface area contributed by atoms with Crippen molar-refractivity contribution in [3.8, 4) is 17.3 Å². The van der Waals surface area contributed by atoms with Crippen molar-refractivity contribution in [2.45, 2.75) is 13.5 Å². The second-order valence-corrected chi connectivity index (χ2v) is 4.25. The van der Waals surface area contributed by atoms with Crippen LogP contribution in [0.4, 0.5) is 0 Å². The van der Waals surface area contributed by atoms with Crippen LogP contribution in [0.25, 0.3) is 11.3 Å². The summed E-state index contributed by atoms with van der Waals surface area (Å²) < 4.78 is 12.3. The average Bonchev–Trinajstić information content (AvgIpc) is 3.00. The van der Waals surface area contributed by atoms with E-state index in [9.17, 15) is 4.79 Å². The van der Waals surface area contributed by atoms with Gasteiger partial charge in [-0.15, -0.1) is 0 Å². The Bertz CT molecular complexity index is 580. The molecule has 0 atom stereocenters. The van der Waals surface area contributed by atoms with Crippen LogP contribution in [0.5, 0.6) is 6.01 Å². The minimum atomic E-state index is -0.301. The molecule has 0 fully saturated rings. The summed E-state index contributed by atoms with van der Waals surface area (Å²) in [4.78, 5) is 15.9. The Morgan fingerprint density at radius 1 is 1.42 bits per heavy atom. The molecule has 0 saturated heterocycles. The summed E-state index contributed by atoms with van der Waals surface area (Å²) >= 11 is 0. The summed E-state index contributed by atoms with van der Waals surface area (Å²) in [7, 11) is 0. The number of nitrogens with zero attached hydrogens (tertiary/aromatic N) is 2. The van der Waals surface area contributed by atoms with Crippen LogP contribution in [0.15, 0.2) is 30.5 Å². The van der Waals surface area contributed by atoms with Crippen LogP contribution < -0.4 is 4.74 Å². The lowest BCUT2D eigenvalue weighted by atomic mass is 10.1. The SMILES string of the molecule is CCOC(=O)c1ccc(-c2cn3c(n2)OCC3)cc1. The molecule has 0 amide bonds. The van der Waals surface area contributed by atoms with E-state index < -0.39 is 0 Å². The van der Waals surface area contributed by atoms with Gasteiger partial charge >= 0.3 is 5.97 Å². The zero-order valence-corrected chi connectivity index (χ0v) is 10.6. The fourth-order valence-corrected chi connectivity index (χ4v) is 2.04. The summed E-state index contributed by atoms with van der Waals surface area (Å²) in [5.74, 6) is -0.301. The second kappa shape index (κ2) is 4.76. The van der Waals surface area contributed by atoms with Crippen LogP contribution >= 0.6 is 0 Å². The lowest BCUT2D eigenvalue weighted by Gasteiger charge is -2.02. The molecule has 2 heterocycles. The predicted molar refractivity (Wildman–Crippen MR) is 69.1 cm³/mol. The molecule has 1 aliphatic rings. The number of esters is 1. The largest absolute Gasteiger partial charge is 0.463 e. The lowest BCUT2D eigenvalue weighted by Crippen LogP contribution is -2.04. The van der Waals surface area contributed by atoms with Crippen LogP contribution in [0.2, 0.25) is 0 Å². The number of carbonyl (C=O) groups is 1. The highest BCUT2D eigenvalue weighted by Gasteiger charge is 2.16. The Hall–Kier alpha value is -2.30. The maximum absolute atomic E-state index is 11.5. The maximum atomic E-state index is 11.5. The normalized spacial score (nSPS) is 12.9. The third-order valence-corrected chi connectivity index (χ3v) is 3.00. The highest BCUT2D eigenvalue weighted by atomic mass is 16.5. The quantitative estimate of drug-likeness (QED) is 0.791. The number of hydrogen-bond donors (Lipinski definition) is 0. The van der Waals surface area contributed by atoms with Crippen LogP contribution in [0.1, 0.15) is 17.3 Å². The van der Waals surface area contributed by atoms with Gasteiger partial charge in [0.1, 0.15) is 6.61 Å². The Morgan fingerprint density at radius 3 is 2.89 bits per heavy atom. The van der Waals surface area contributed by atoms with Crippen molar-refractivity contribution < 1.29 is 14.3 Å². The Morgan fingerprint density at radius 2 is 2.21 bits per heavy atom. The summed E-state index contributed by atoms with van der Waals surface area (Å²) in [6.45, 7) is 3.69. The number of ether oxygens (including phenoxy) is 2. The monoisotopic (exact) mass is 258 g/mol. The van der Waals surface area contributed by atoms with Gasteiger partial charge in [0.05, 0.1) is 24.4 Å². The summed E-state index contributed by atoms with van der Waals surface area (Å²) in [5, 5.41) is 0. The van der Waals surface area contributed by atoms with E-state index in [1.807, 2.05) is 22.9 Å². The molecule has 0 unspecified atom stereocenters. The zero-order chi connectivity index (χ0) is 13.2. The van der Waals surface area contributed by atoms with Crippen molar-refractivity contribution in [1.29, 1.82) is 0 Å². The zero-order valence-electron chi connectivity index (χ0n) is 10.6. The first-order valence-corrected chi connectivity index (χ1v) is 6.25. The van der Waals surface area contributed by atoms with Crippen molar-refractivity contribution in [1.82, 2.24) is 9.55 Å². The molecule has 98 valence electrons. The van der Waals surface area contributed by atoms with Gasteiger partial charge in [-0.2, -0.15) is 4.98 Å². The third-order valence-electron chi connectivity index (χ3n) is 3.00. The molecule has 0 bridgehead atoms. The third kappa shape index (κ3) is 2.19. The molecule has 0 saturated carbocycles. The van der Waals surface area contributed by atoms with Crippen molar-refractivity contribution in [3.63, 3.8) is 0 Å². The second-order valence-electron chi connectivity index (χ2n) is 4.25. The average molecular weight is 258 g/mol. The molecule has 0 aliphatic carbocycles.